The van der Waals surface area contributed by atoms with E-state index in [0.717, 1.165) is 44.1 Å². The monoisotopic (exact) mass is 337 g/mol. The predicted octanol–water partition coefficient (Wildman–Crippen LogP) is 2.33. The first-order valence-corrected chi connectivity index (χ1v) is 8.32. The summed E-state index contributed by atoms with van der Waals surface area (Å²) in [5.74, 6) is 0.933. The number of hydrogen-bond donors (Lipinski definition) is 0. The van der Waals surface area contributed by atoms with Crippen LogP contribution in [0.4, 0.5) is 0 Å². The maximum Gasteiger partial charge on any atom is 0.278 e. The van der Waals surface area contributed by atoms with Gasteiger partial charge < -0.3 is 9.26 Å². The second-order valence-corrected chi connectivity index (χ2v) is 6.07. The zero-order valence-electron chi connectivity index (χ0n) is 14.1. The molecule has 2 aromatic heterocycles. The number of rotatable bonds is 4. The highest BCUT2D eigenvalue weighted by Crippen LogP contribution is 2.22. The molecule has 1 saturated heterocycles. The fraction of sp³-hybridized carbons (Fsp3) is 0.333. The highest BCUT2D eigenvalue weighted by molar-refractivity contribution is 5.58. The van der Waals surface area contributed by atoms with Crippen molar-refractivity contribution in [3.05, 3.63) is 47.7 Å². The van der Waals surface area contributed by atoms with E-state index in [2.05, 4.69) is 37.4 Å². The molecule has 0 atom stereocenters. The summed E-state index contributed by atoms with van der Waals surface area (Å²) in [5, 5.41) is 12.2. The summed E-state index contributed by atoms with van der Waals surface area (Å²) in [7, 11) is 0. The molecule has 4 rings (SSSR count). The average Bonchev–Trinajstić information content (AvgIpc) is 3.14. The summed E-state index contributed by atoms with van der Waals surface area (Å²) in [6.45, 7) is 6.30. The van der Waals surface area contributed by atoms with Gasteiger partial charge in [-0.1, -0.05) is 23.4 Å². The Kier molecular flexibility index (Phi) is 4.49. The number of morpholine rings is 1. The third-order valence-electron chi connectivity index (χ3n) is 4.14. The smallest absolute Gasteiger partial charge is 0.278 e. The van der Waals surface area contributed by atoms with Crippen LogP contribution < -0.4 is 0 Å². The molecule has 0 bridgehead atoms. The van der Waals surface area contributed by atoms with Crippen LogP contribution in [0, 0.1) is 6.92 Å². The van der Waals surface area contributed by atoms with Gasteiger partial charge in [-0.15, -0.1) is 5.10 Å². The predicted molar refractivity (Wildman–Crippen MR) is 91.6 cm³/mol. The Hall–Kier alpha value is -2.64. The largest absolute Gasteiger partial charge is 0.379 e. The maximum atomic E-state index is 5.40. The number of aryl methyl sites for hydroxylation is 1. The summed E-state index contributed by atoms with van der Waals surface area (Å²) in [5.41, 5.74) is 3.58. The molecule has 7 heteroatoms. The number of hydrogen-bond acceptors (Lipinski definition) is 7. The zero-order chi connectivity index (χ0) is 17.1. The Morgan fingerprint density at radius 1 is 1.08 bits per heavy atom. The molecule has 128 valence electrons. The van der Waals surface area contributed by atoms with E-state index in [9.17, 15) is 0 Å². The van der Waals surface area contributed by atoms with Crippen molar-refractivity contribution in [2.45, 2.75) is 13.5 Å². The second-order valence-electron chi connectivity index (χ2n) is 6.07. The summed E-state index contributed by atoms with van der Waals surface area (Å²) in [6.07, 6.45) is 0. The van der Waals surface area contributed by atoms with Gasteiger partial charge in [0.15, 0.2) is 5.69 Å². The lowest BCUT2D eigenvalue weighted by molar-refractivity contribution is 0.0342. The topological polar surface area (TPSA) is 77.2 Å². The SMILES string of the molecule is Cc1ccc(-c2nc(-c3cccc(CN4CCOCC4)c3)no2)nn1. The van der Waals surface area contributed by atoms with Crippen molar-refractivity contribution in [2.24, 2.45) is 0 Å². The van der Waals surface area contributed by atoms with Crippen LogP contribution in [0.1, 0.15) is 11.3 Å². The molecule has 3 heterocycles. The van der Waals surface area contributed by atoms with Crippen LogP contribution in [-0.2, 0) is 11.3 Å². The molecule has 0 radical (unpaired) electrons. The molecule has 3 aromatic rings. The number of aromatic nitrogens is 4. The standard InChI is InChI=1S/C18H19N5O2/c1-13-5-6-16(21-20-13)18-19-17(22-25-18)15-4-2-3-14(11-15)12-23-7-9-24-10-8-23/h2-6,11H,7-10,12H2,1H3. The van der Waals surface area contributed by atoms with Gasteiger partial charge in [0.05, 0.1) is 18.9 Å². The molecule has 0 saturated carbocycles. The van der Waals surface area contributed by atoms with E-state index in [-0.39, 0.29) is 0 Å². The highest BCUT2D eigenvalue weighted by atomic mass is 16.5. The van der Waals surface area contributed by atoms with E-state index < -0.39 is 0 Å². The van der Waals surface area contributed by atoms with Crippen LogP contribution in [-0.4, -0.2) is 51.5 Å². The van der Waals surface area contributed by atoms with Crippen molar-refractivity contribution in [1.82, 2.24) is 25.2 Å². The van der Waals surface area contributed by atoms with Gasteiger partial charge in [0.25, 0.3) is 5.89 Å². The minimum Gasteiger partial charge on any atom is -0.379 e. The molecule has 1 fully saturated rings. The fourth-order valence-electron chi connectivity index (χ4n) is 2.78. The molecule has 0 unspecified atom stereocenters. The van der Waals surface area contributed by atoms with Gasteiger partial charge in [-0.25, -0.2) is 0 Å². The van der Waals surface area contributed by atoms with Crippen LogP contribution in [0.5, 0.6) is 0 Å². The van der Waals surface area contributed by atoms with Crippen LogP contribution in [0.3, 0.4) is 0 Å². The van der Waals surface area contributed by atoms with Crippen molar-refractivity contribution >= 4 is 0 Å². The van der Waals surface area contributed by atoms with E-state index in [0.29, 0.717) is 17.4 Å². The van der Waals surface area contributed by atoms with E-state index in [4.69, 9.17) is 9.26 Å². The first-order chi connectivity index (χ1) is 12.3. The van der Waals surface area contributed by atoms with Gasteiger partial charge in [0.1, 0.15) is 0 Å². The van der Waals surface area contributed by atoms with E-state index >= 15 is 0 Å². The normalized spacial score (nSPS) is 15.4. The lowest BCUT2D eigenvalue weighted by Gasteiger charge is -2.26. The number of nitrogens with zero attached hydrogens (tertiary/aromatic N) is 5. The molecular weight excluding hydrogens is 318 g/mol. The van der Waals surface area contributed by atoms with Crippen LogP contribution in [0.2, 0.25) is 0 Å². The van der Waals surface area contributed by atoms with Gasteiger partial charge in [-0.05, 0) is 30.7 Å². The molecule has 1 aliphatic heterocycles. The van der Waals surface area contributed by atoms with Crippen molar-refractivity contribution in [2.75, 3.05) is 26.3 Å². The van der Waals surface area contributed by atoms with Gasteiger partial charge in [-0.2, -0.15) is 10.1 Å². The molecular formula is C18H19N5O2. The van der Waals surface area contributed by atoms with Crippen LogP contribution in [0.25, 0.3) is 23.0 Å². The summed E-state index contributed by atoms with van der Waals surface area (Å²) < 4.78 is 10.7. The van der Waals surface area contributed by atoms with Crippen molar-refractivity contribution in [3.63, 3.8) is 0 Å². The minimum atomic E-state index is 0.376. The third-order valence-corrected chi connectivity index (χ3v) is 4.14. The van der Waals surface area contributed by atoms with Gasteiger partial charge >= 0.3 is 0 Å². The minimum absolute atomic E-state index is 0.376. The molecule has 0 spiro atoms. The molecule has 0 N–H and O–H groups in total. The maximum absolute atomic E-state index is 5.40. The molecule has 0 aliphatic carbocycles. The average molecular weight is 337 g/mol. The summed E-state index contributed by atoms with van der Waals surface area (Å²) >= 11 is 0. The lowest BCUT2D eigenvalue weighted by atomic mass is 10.1. The van der Waals surface area contributed by atoms with E-state index in [1.807, 2.05) is 31.2 Å². The Morgan fingerprint density at radius 3 is 2.76 bits per heavy atom. The number of benzene rings is 1. The van der Waals surface area contributed by atoms with Gasteiger partial charge in [0.2, 0.25) is 5.82 Å². The second kappa shape index (κ2) is 7.08. The summed E-state index contributed by atoms with van der Waals surface area (Å²) in [4.78, 5) is 6.84. The van der Waals surface area contributed by atoms with Crippen LogP contribution in [0.15, 0.2) is 40.9 Å². The Morgan fingerprint density at radius 2 is 1.96 bits per heavy atom. The lowest BCUT2D eigenvalue weighted by Crippen LogP contribution is -2.35. The molecule has 25 heavy (non-hydrogen) atoms. The molecule has 0 amide bonds. The molecule has 1 aromatic carbocycles. The van der Waals surface area contributed by atoms with Crippen LogP contribution >= 0.6 is 0 Å². The Bertz CT molecular complexity index is 841. The molecule has 7 nitrogen and oxygen atoms in total. The Balaban J connectivity index is 1.53. The van der Waals surface area contributed by atoms with E-state index in [1.165, 1.54) is 5.56 Å². The van der Waals surface area contributed by atoms with Crippen molar-refractivity contribution in [3.8, 4) is 23.0 Å². The summed E-state index contributed by atoms with van der Waals surface area (Å²) in [6, 6.07) is 11.9. The zero-order valence-corrected chi connectivity index (χ0v) is 14.1. The van der Waals surface area contributed by atoms with Gasteiger partial charge in [0, 0.05) is 25.2 Å². The Labute approximate surface area is 145 Å². The first kappa shape index (κ1) is 15.9. The number of ether oxygens (including phenoxy) is 1. The van der Waals surface area contributed by atoms with Gasteiger partial charge in [-0.3, -0.25) is 4.90 Å². The quantitative estimate of drug-likeness (QED) is 0.723. The third kappa shape index (κ3) is 3.72. The van der Waals surface area contributed by atoms with Crippen molar-refractivity contribution in [1.29, 1.82) is 0 Å². The van der Waals surface area contributed by atoms with Crippen molar-refractivity contribution < 1.29 is 9.26 Å². The molecule has 1 aliphatic rings. The van der Waals surface area contributed by atoms with E-state index in [1.54, 1.807) is 0 Å². The highest BCUT2D eigenvalue weighted by Gasteiger charge is 2.14. The first-order valence-electron chi connectivity index (χ1n) is 8.32. The fourth-order valence-corrected chi connectivity index (χ4v) is 2.78.